The van der Waals surface area contributed by atoms with Gasteiger partial charge in [0.25, 0.3) is 5.56 Å². The first-order valence-electron chi connectivity index (χ1n) is 12.2. The Kier molecular flexibility index (Phi) is 7.10. The van der Waals surface area contributed by atoms with E-state index in [2.05, 4.69) is 4.98 Å². The molecule has 0 fully saturated rings. The number of para-hydroxylation sites is 2. The summed E-state index contributed by atoms with van der Waals surface area (Å²) in [6.45, 7) is 6.30. The van der Waals surface area contributed by atoms with E-state index in [1.165, 1.54) is 9.47 Å². The summed E-state index contributed by atoms with van der Waals surface area (Å²) in [5.74, 6) is -0.298. The molecule has 9 heteroatoms. The highest BCUT2D eigenvalue weighted by Gasteiger charge is 2.25. The zero-order valence-corrected chi connectivity index (χ0v) is 20.8. The van der Waals surface area contributed by atoms with Crippen molar-refractivity contribution in [3.63, 3.8) is 0 Å². The fourth-order valence-electron chi connectivity index (χ4n) is 4.53. The second-order valence-corrected chi connectivity index (χ2v) is 9.35. The predicted molar refractivity (Wildman–Crippen MR) is 144 cm³/mol. The van der Waals surface area contributed by atoms with Crippen molar-refractivity contribution >= 4 is 39.2 Å². The molecule has 188 valence electrons. The Morgan fingerprint density at radius 2 is 1.56 bits per heavy atom. The van der Waals surface area contributed by atoms with Crippen LogP contribution in [-0.4, -0.2) is 26.6 Å². The van der Waals surface area contributed by atoms with Crippen molar-refractivity contribution in [1.82, 2.24) is 14.1 Å². The number of nitrogens with one attached hydrogen (secondary N) is 1. The van der Waals surface area contributed by atoms with Gasteiger partial charge in [-0.15, -0.1) is 0 Å². The molecule has 36 heavy (non-hydrogen) atoms. The normalized spacial score (nSPS) is 11.4. The highest BCUT2D eigenvalue weighted by atomic mass is 16.2. The lowest BCUT2D eigenvalue weighted by molar-refractivity contribution is -0.119. The summed E-state index contributed by atoms with van der Waals surface area (Å²) in [6, 6.07) is 14.3. The van der Waals surface area contributed by atoms with Gasteiger partial charge >= 0.3 is 5.69 Å². The van der Waals surface area contributed by atoms with Crippen LogP contribution in [0.3, 0.4) is 0 Å². The van der Waals surface area contributed by atoms with Gasteiger partial charge in [0.15, 0.2) is 11.1 Å². The van der Waals surface area contributed by atoms with Gasteiger partial charge in [-0.05, 0) is 36.6 Å². The summed E-state index contributed by atoms with van der Waals surface area (Å²) in [6.07, 6.45) is 1.43. The first-order valence-corrected chi connectivity index (χ1v) is 12.2. The zero-order chi connectivity index (χ0) is 26.0. The van der Waals surface area contributed by atoms with Gasteiger partial charge in [0, 0.05) is 23.9 Å². The summed E-state index contributed by atoms with van der Waals surface area (Å²) in [7, 11) is 0. The second kappa shape index (κ2) is 10.2. The molecule has 1 amide bonds. The van der Waals surface area contributed by atoms with E-state index in [9.17, 15) is 19.2 Å². The molecule has 2 heterocycles. The molecule has 0 spiro atoms. The van der Waals surface area contributed by atoms with Crippen LogP contribution in [0.5, 0.6) is 0 Å². The number of hydrogen-bond acceptors (Lipinski definition) is 5. The molecule has 2 aromatic heterocycles. The van der Waals surface area contributed by atoms with Crippen molar-refractivity contribution in [3.05, 3.63) is 79.6 Å². The molecule has 4 aromatic rings. The number of anilines is 2. The number of rotatable bonds is 8. The van der Waals surface area contributed by atoms with E-state index in [4.69, 9.17) is 5.73 Å². The predicted octanol–water partition coefficient (Wildman–Crippen LogP) is 3.08. The second-order valence-electron chi connectivity index (χ2n) is 9.35. The van der Waals surface area contributed by atoms with Crippen molar-refractivity contribution in [3.8, 4) is 0 Å². The van der Waals surface area contributed by atoms with Crippen molar-refractivity contribution in [2.24, 2.45) is 5.92 Å². The fraction of sp³-hybridized carbons (Fsp3) is 0.333. The number of pyridine rings is 1. The van der Waals surface area contributed by atoms with E-state index in [0.717, 1.165) is 6.42 Å². The minimum Gasteiger partial charge on any atom is -0.383 e. The number of H-pyrrole nitrogens is 1. The molecule has 0 saturated heterocycles. The van der Waals surface area contributed by atoms with Crippen LogP contribution in [0.25, 0.3) is 21.8 Å². The van der Waals surface area contributed by atoms with Gasteiger partial charge in [0.1, 0.15) is 12.4 Å². The topological polar surface area (TPSA) is 123 Å². The molecule has 0 unspecified atom stereocenters. The largest absolute Gasteiger partial charge is 0.383 e. The lowest BCUT2D eigenvalue weighted by atomic mass is 10.1. The van der Waals surface area contributed by atoms with Gasteiger partial charge in [-0.1, -0.05) is 51.5 Å². The average molecular weight is 490 g/mol. The molecule has 0 bridgehead atoms. The van der Waals surface area contributed by atoms with Crippen LogP contribution in [-0.2, 0) is 17.9 Å². The van der Waals surface area contributed by atoms with Crippen LogP contribution in [0.4, 0.5) is 11.5 Å². The summed E-state index contributed by atoms with van der Waals surface area (Å²) in [4.78, 5) is 56.0. The SMILES string of the molecule is CCCCN(C(=O)Cn1c2ccccc2c(=O)c2ccccc21)c1c(N)n(CC(C)C)c(=O)[nH]c1=O. The maximum absolute atomic E-state index is 13.8. The van der Waals surface area contributed by atoms with Gasteiger partial charge < -0.3 is 15.2 Å². The summed E-state index contributed by atoms with van der Waals surface area (Å²) in [5, 5.41) is 1.01. The van der Waals surface area contributed by atoms with E-state index in [0.29, 0.717) is 34.8 Å². The zero-order valence-electron chi connectivity index (χ0n) is 20.8. The number of aromatic amines is 1. The number of nitrogen functional groups attached to an aromatic ring is 1. The van der Waals surface area contributed by atoms with Gasteiger partial charge in [0.05, 0.1) is 11.0 Å². The Balaban J connectivity index is 1.88. The average Bonchev–Trinajstić information content (AvgIpc) is 2.86. The summed E-state index contributed by atoms with van der Waals surface area (Å²) < 4.78 is 3.10. The molecule has 0 atom stereocenters. The van der Waals surface area contributed by atoms with Crippen molar-refractivity contribution in [1.29, 1.82) is 0 Å². The maximum Gasteiger partial charge on any atom is 0.330 e. The van der Waals surface area contributed by atoms with Crippen LogP contribution in [0, 0.1) is 5.92 Å². The highest BCUT2D eigenvalue weighted by Crippen LogP contribution is 2.22. The number of hydrogen-bond donors (Lipinski definition) is 2. The van der Waals surface area contributed by atoms with E-state index in [1.54, 1.807) is 41.0 Å². The van der Waals surface area contributed by atoms with Crippen molar-refractivity contribution in [2.45, 2.75) is 46.7 Å². The Morgan fingerprint density at radius 3 is 2.11 bits per heavy atom. The number of aromatic nitrogens is 3. The Morgan fingerprint density at radius 1 is 0.972 bits per heavy atom. The van der Waals surface area contributed by atoms with Crippen LogP contribution in [0.1, 0.15) is 33.6 Å². The Hall–Kier alpha value is -4.14. The smallest absolute Gasteiger partial charge is 0.330 e. The Labute approximate surface area is 207 Å². The van der Waals surface area contributed by atoms with Crippen LogP contribution in [0.15, 0.2) is 62.9 Å². The molecular formula is C27H31N5O4. The first-order chi connectivity index (χ1) is 17.2. The number of fused-ring (bicyclic) bond motifs is 2. The lowest BCUT2D eigenvalue weighted by Gasteiger charge is -2.26. The molecule has 0 saturated carbocycles. The lowest BCUT2D eigenvalue weighted by Crippen LogP contribution is -2.43. The molecule has 0 aliphatic rings. The number of amides is 1. The van der Waals surface area contributed by atoms with E-state index in [1.807, 2.05) is 32.9 Å². The standard InChI is InChI=1S/C27H31N5O4/c1-4-5-14-30(23-25(28)32(15-17(2)3)27(36)29-26(23)35)22(33)16-31-20-12-8-6-10-18(20)24(34)19-11-7-9-13-21(19)31/h6-13,17H,4-5,14-16,28H2,1-3H3,(H,29,35,36). The van der Waals surface area contributed by atoms with Crippen LogP contribution < -0.4 is 27.3 Å². The quantitative estimate of drug-likeness (QED) is 0.368. The first kappa shape index (κ1) is 25.0. The number of benzene rings is 2. The third-order valence-electron chi connectivity index (χ3n) is 6.24. The van der Waals surface area contributed by atoms with Gasteiger partial charge in [0.2, 0.25) is 5.91 Å². The van der Waals surface area contributed by atoms with E-state index in [-0.39, 0.29) is 41.8 Å². The number of carbonyl (C=O) groups is 1. The highest BCUT2D eigenvalue weighted by molar-refractivity contribution is 5.99. The van der Waals surface area contributed by atoms with E-state index < -0.39 is 11.2 Å². The molecular weight excluding hydrogens is 458 g/mol. The van der Waals surface area contributed by atoms with Gasteiger partial charge in [-0.3, -0.25) is 23.9 Å². The van der Waals surface area contributed by atoms with E-state index >= 15 is 0 Å². The minimum absolute atomic E-state index is 0.0247. The number of nitrogens with two attached hydrogens (primary N) is 1. The molecule has 0 radical (unpaired) electrons. The molecule has 3 N–H and O–H groups in total. The minimum atomic E-state index is -0.698. The van der Waals surface area contributed by atoms with Crippen LogP contribution in [0.2, 0.25) is 0 Å². The third-order valence-corrected chi connectivity index (χ3v) is 6.24. The number of nitrogens with zero attached hydrogens (tertiary/aromatic N) is 3. The summed E-state index contributed by atoms with van der Waals surface area (Å²) >= 11 is 0. The molecule has 9 nitrogen and oxygen atoms in total. The third kappa shape index (κ3) is 4.56. The van der Waals surface area contributed by atoms with Crippen LogP contribution >= 0.6 is 0 Å². The Bertz CT molecular complexity index is 1550. The van der Waals surface area contributed by atoms with Crippen molar-refractivity contribution in [2.75, 3.05) is 17.2 Å². The van der Waals surface area contributed by atoms with Crippen molar-refractivity contribution < 1.29 is 4.79 Å². The number of carbonyl (C=O) groups excluding carboxylic acids is 1. The molecule has 0 aliphatic carbocycles. The van der Waals surface area contributed by atoms with Gasteiger partial charge in [-0.25, -0.2) is 4.79 Å². The molecule has 0 aliphatic heterocycles. The number of unbranched alkanes of at least 4 members (excludes halogenated alkanes) is 1. The maximum atomic E-state index is 13.8. The monoisotopic (exact) mass is 489 g/mol. The molecule has 4 rings (SSSR count). The fourth-order valence-corrected chi connectivity index (χ4v) is 4.53. The molecule has 2 aromatic carbocycles. The summed E-state index contributed by atoms with van der Waals surface area (Å²) in [5.41, 5.74) is 6.16. The van der Waals surface area contributed by atoms with Gasteiger partial charge in [-0.2, -0.15) is 0 Å².